The second-order valence-corrected chi connectivity index (χ2v) is 5.20. The van der Waals surface area contributed by atoms with Crippen LogP contribution >= 0.6 is 11.6 Å². The van der Waals surface area contributed by atoms with Gasteiger partial charge >= 0.3 is 0 Å². The Morgan fingerprint density at radius 3 is 2.72 bits per heavy atom. The monoisotopic (exact) mass is 269 g/mol. The van der Waals surface area contributed by atoms with E-state index in [2.05, 4.69) is 12.2 Å². The number of hydrogen-bond donors (Lipinski definition) is 2. The molecule has 1 unspecified atom stereocenters. The second kappa shape index (κ2) is 8.52. The van der Waals surface area contributed by atoms with Gasteiger partial charge in [0.25, 0.3) is 0 Å². The highest BCUT2D eigenvalue weighted by atomic mass is 35.5. The van der Waals surface area contributed by atoms with Crippen LogP contribution in [-0.4, -0.2) is 18.2 Å². The van der Waals surface area contributed by atoms with Crippen LogP contribution in [0.1, 0.15) is 49.8 Å². The fraction of sp³-hybridized carbons (Fsp3) is 0.600. The van der Waals surface area contributed by atoms with E-state index in [-0.39, 0.29) is 0 Å². The van der Waals surface area contributed by atoms with Crippen molar-refractivity contribution in [1.29, 1.82) is 0 Å². The van der Waals surface area contributed by atoms with Crippen LogP contribution in [0.2, 0.25) is 5.02 Å². The molecule has 0 radical (unpaired) electrons. The summed E-state index contributed by atoms with van der Waals surface area (Å²) in [5.74, 6) is 0. The van der Waals surface area contributed by atoms with Crippen molar-refractivity contribution in [2.45, 2.75) is 45.6 Å². The van der Waals surface area contributed by atoms with Gasteiger partial charge in [-0.3, -0.25) is 0 Å². The molecule has 18 heavy (non-hydrogen) atoms. The number of unbranched alkanes of at least 4 members (excludes halogenated alkanes) is 3. The zero-order chi connectivity index (χ0) is 13.4. The van der Waals surface area contributed by atoms with Crippen LogP contribution in [0.15, 0.2) is 18.2 Å². The molecule has 0 spiro atoms. The molecule has 2 nitrogen and oxygen atoms in total. The third kappa shape index (κ3) is 5.38. The van der Waals surface area contributed by atoms with E-state index in [4.69, 9.17) is 11.6 Å². The zero-order valence-corrected chi connectivity index (χ0v) is 12.1. The van der Waals surface area contributed by atoms with Crippen molar-refractivity contribution in [2.75, 3.05) is 13.1 Å². The maximum absolute atomic E-state index is 10.0. The summed E-state index contributed by atoms with van der Waals surface area (Å²) in [5, 5.41) is 14.1. The van der Waals surface area contributed by atoms with E-state index in [0.717, 1.165) is 22.7 Å². The molecule has 0 bridgehead atoms. The number of hydrogen-bond acceptors (Lipinski definition) is 2. The number of aliphatic hydroxyl groups excluding tert-OH is 1. The normalized spacial score (nSPS) is 12.7. The van der Waals surface area contributed by atoms with Crippen molar-refractivity contribution in [3.63, 3.8) is 0 Å². The highest BCUT2D eigenvalue weighted by molar-refractivity contribution is 6.31. The minimum atomic E-state index is -0.452. The lowest BCUT2D eigenvalue weighted by Crippen LogP contribution is -2.22. The van der Waals surface area contributed by atoms with Crippen LogP contribution < -0.4 is 5.32 Å². The van der Waals surface area contributed by atoms with E-state index >= 15 is 0 Å². The van der Waals surface area contributed by atoms with Crippen LogP contribution in [0.4, 0.5) is 0 Å². The number of rotatable bonds is 8. The average Bonchev–Trinajstić information content (AvgIpc) is 2.36. The molecular formula is C15H24ClNO. The van der Waals surface area contributed by atoms with E-state index in [9.17, 15) is 5.11 Å². The molecule has 102 valence electrons. The predicted octanol–water partition coefficient (Wildman–Crippen LogP) is 3.85. The lowest BCUT2D eigenvalue weighted by Gasteiger charge is -2.13. The van der Waals surface area contributed by atoms with E-state index < -0.39 is 6.10 Å². The Kier molecular flexibility index (Phi) is 7.33. The Morgan fingerprint density at radius 2 is 2.06 bits per heavy atom. The first-order chi connectivity index (χ1) is 8.65. The molecule has 0 aliphatic rings. The third-order valence-electron chi connectivity index (χ3n) is 3.11. The number of benzene rings is 1. The molecule has 1 aromatic rings. The second-order valence-electron chi connectivity index (χ2n) is 4.79. The van der Waals surface area contributed by atoms with Gasteiger partial charge in [0.05, 0.1) is 6.10 Å². The first-order valence-corrected chi connectivity index (χ1v) is 7.17. The highest BCUT2D eigenvalue weighted by Gasteiger charge is 2.07. The van der Waals surface area contributed by atoms with E-state index in [1.54, 1.807) is 0 Å². The van der Waals surface area contributed by atoms with Gasteiger partial charge in [0.15, 0.2) is 0 Å². The maximum atomic E-state index is 10.0. The molecule has 0 fully saturated rings. The minimum absolute atomic E-state index is 0.452. The molecule has 0 saturated carbocycles. The minimum Gasteiger partial charge on any atom is -0.387 e. The van der Waals surface area contributed by atoms with Gasteiger partial charge in [0, 0.05) is 11.6 Å². The fourth-order valence-corrected chi connectivity index (χ4v) is 2.03. The number of halogens is 1. The Balaban J connectivity index is 2.27. The molecule has 0 heterocycles. The number of aryl methyl sites for hydroxylation is 1. The van der Waals surface area contributed by atoms with E-state index in [0.29, 0.717) is 6.54 Å². The quantitative estimate of drug-likeness (QED) is 0.703. The van der Waals surface area contributed by atoms with Crippen molar-refractivity contribution in [1.82, 2.24) is 5.32 Å². The number of nitrogens with one attached hydrogen (secondary N) is 1. The largest absolute Gasteiger partial charge is 0.387 e. The van der Waals surface area contributed by atoms with E-state index in [1.807, 2.05) is 25.1 Å². The van der Waals surface area contributed by atoms with Gasteiger partial charge in [-0.1, -0.05) is 49.9 Å². The van der Waals surface area contributed by atoms with Gasteiger partial charge in [-0.25, -0.2) is 0 Å². The van der Waals surface area contributed by atoms with Crippen LogP contribution in [0, 0.1) is 6.92 Å². The fourth-order valence-electron chi connectivity index (χ4n) is 1.91. The molecular weight excluding hydrogens is 246 g/mol. The summed E-state index contributed by atoms with van der Waals surface area (Å²) in [6.45, 7) is 5.74. The molecule has 0 aliphatic carbocycles. The van der Waals surface area contributed by atoms with Crippen molar-refractivity contribution < 1.29 is 5.11 Å². The summed E-state index contributed by atoms with van der Waals surface area (Å²) in [5.41, 5.74) is 1.94. The van der Waals surface area contributed by atoms with Crippen molar-refractivity contribution in [2.24, 2.45) is 0 Å². The van der Waals surface area contributed by atoms with Crippen LogP contribution in [0.5, 0.6) is 0 Å². The molecule has 0 saturated heterocycles. The van der Waals surface area contributed by atoms with Crippen LogP contribution in [0.25, 0.3) is 0 Å². The summed E-state index contributed by atoms with van der Waals surface area (Å²) >= 11 is 5.96. The SMILES string of the molecule is CCCCCCNCC(O)c1ccc(Cl)c(C)c1. The van der Waals surface area contributed by atoms with Gasteiger partial charge in [-0.2, -0.15) is 0 Å². The van der Waals surface area contributed by atoms with Crippen molar-refractivity contribution >= 4 is 11.6 Å². The molecule has 3 heteroatoms. The summed E-state index contributed by atoms with van der Waals surface area (Å²) in [7, 11) is 0. The van der Waals surface area contributed by atoms with Crippen molar-refractivity contribution in [3.8, 4) is 0 Å². The summed E-state index contributed by atoms with van der Waals surface area (Å²) in [6.07, 6.45) is 4.54. The molecule has 0 aromatic heterocycles. The molecule has 0 aliphatic heterocycles. The first kappa shape index (κ1) is 15.5. The average molecular weight is 270 g/mol. The Morgan fingerprint density at radius 1 is 1.28 bits per heavy atom. The molecule has 1 atom stereocenters. The van der Waals surface area contributed by atoms with Gasteiger partial charge in [-0.05, 0) is 37.1 Å². The van der Waals surface area contributed by atoms with E-state index in [1.165, 1.54) is 25.7 Å². The molecule has 1 rings (SSSR count). The molecule has 2 N–H and O–H groups in total. The van der Waals surface area contributed by atoms with Gasteiger partial charge in [-0.15, -0.1) is 0 Å². The highest BCUT2D eigenvalue weighted by Crippen LogP contribution is 2.20. The topological polar surface area (TPSA) is 32.3 Å². The van der Waals surface area contributed by atoms with Gasteiger partial charge < -0.3 is 10.4 Å². The lowest BCUT2D eigenvalue weighted by molar-refractivity contribution is 0.174. The summed E-state index contributed by atoms with van der Waals surface area (Å²) < 4.78 is 0. The first-order valence-electron chi connectivity index (χ1n) is 6.80. The van der Waals surface area contributed by atoms with Crippen molar-refractivity contribution in [3.05, 3.63) is 34.3 Å². The van der Waals surface area contributed by atoms with Gasteiger partial charge in [0.1, 0.15) is 0 Å². The van der Waals surface area contributed by atoms with Crippen LogP contribution in [-0.2, 0) is 0 Å². The third-order valence-corrected chi connectivity index (χ3v) is 3.54. The maximum Gasteiger partial charge on any atom is 0.0914 e. The smallest absolute Gasteiger partial charge is 0.0914 e. The lowest BCUT2D eigenvalue weighted by atomic mass is 10.1. The van der Waals surface area contributed by atoms with Crippen LogP contribution in [0.3, 0.4) is 0 Å². The standard InChI is InChI=1S/C15H24ClNO/c1-3-4-5-6-9-17-11-15(18)13-7-8-14(16)12(2)10-13/h7-8,10,15,17-18H,3-6,9,11H2,1-2H3. The molecule has 0 amide bonds. The Hall–Kier alpha value is -0.570. The summed E-state index contributed by atoms with van der Waals surface area (Å²) in [4.78, 5) is 0. The number of aliphatic hydroxyl groups is 1. The summed E-state index contributed by atoms with van der Waals surface area (Å²) in [6, 6.07) is 5.68. The Bertz CT molecular complexity index is 354. The molecule has 1 aromatic carbocycles. The Labute approximate surface area is 115 Å². The zero-order valence-electron chi connectivity index (χ0n) is 11.4. The predicted molar refractivity (Wildman–Crippen MR) is 78.2 cm³/mol. The van der Waals surface area contributed by atoms with Gasteiger partial charge in [0.2, 0.25) is 0 Å².